The van der Waals surface area contributed by atoms with Crippen LogP contribution in [0.5, 0.6) is 5.75 Å². The van der Waals surface area contributed by atoms with Gasteiger partial charge in [-0.15, -0.1) is 0 Å². The molecule has 0 aliphatic heterocycles. The number of nitrogens with zero attached hydrogens (tertiary/aromatic N) is 1. The summed E-state index contributed by atoms with van der Waals surface area (Å²) < 4.78 is 5.84. The third kappa shape index (κ3) is 6.24. The average molecular weight is 340 g/mol. The van der Waals surface area contributed by atoms with Gasteiger partial charge in [-0.3, -0.25) is 4.79 Å². The molecule has 0 unspecified atom stereocenters. The maximum atomic E-state index is 12.2. The molecular weight excluding hydrogens is 312 g/mol. The summed E-state index contributed by atoms with van der Waals surface area (Å²) in [6.07, 6.45) is 0. The minimum absolute atomic E-state index is 0.0509. The highest BCUT2D eigenvalue weighted by Crippen LogP contribution is 2.19. The molecule has 0 aliphatic rings. The van der Waals surface area contributed by atoms with E-state index in [9.17, 15) is 4.79 Å². The van der Waals surface area contributed by atoms with Gasteiger partial charge in [0.2, 0.25) is 0 Å². The van der Waals surface area contributed by atoms with Gasteiger partial charge >= 0.3 is 0 Å². The summed E-state index contributed by atoms with van der Waals surface area (Å²) in [5.41, 5.74) is 2.94. The highest BCUT2D eigenvalue weighted by atomic mass is 16.5. The number of hydrogen-bond acceptors (Lipinski definition) is 3. The maximum absolute atomic E-state index is 12.2. The second-order valence-electron chi connectivity index (χ2n) is 6.77. The molecule has 0 saturated heterocycles. The molecule has 2 aromatic rings. The van der Waals surface area contributed by atoms with Crippen molar-refractivity contribution < 1.29 is 9.53 Å². The lowest BCUT2D eigenvalue weighted by atomic mass is 10.0. The van der Waals surface area contributed by atoms with Crippen molar-refractivity contribution in [2.45, 2.75) is 26.4 Å². The molecule has 4 nitrogen and oxygen atoms in total. The number of rotatable bonds is 8. The fraction of sp³-hybridized carbons (Fsp3) is 0.381. The minimum Gasteiger partial charge on any atom is -0.489 e. The molecule has 0 aliphatic carbocycles. The molecule has 134 valence electrons. The Labute approximate surface area is 150 Å². The number of carbonyl (C=O) groups excluding carboxylic acids is 1. The summed E-state index contributed by atoms with van der Waals surface area (Å²) >= 11 is 0. The Morgan fingerprint density at radius 1 is 1.12 bits per heavy atom. The van der Waals surface area contributed by atoms with Crippen LogP contribution in [0.3, 0.4) is 0 Å². The third-order valence-corrected chi connectivity index (χ3v) is 3.99. The molecule has 0 heterocycles. The van der Waals surface area contributed by atoms with E-state index < -0.39 is 0 Å². The molecule has 25 heavy (non-hydrogen) atoms. The van der Waals surface area contributed by atoms with E-state index in [1.807, 2.05) is 55.4 Å². The van der Waals surface area contributed by atoms with E-state index in [1.165, 1.54) is 5.56 Å². The zero-order chi connectivity index (χ0) is 18.2. The second kappa shape index (κ2) is 9.23. The van der Waals surface area contributed by atoms with Crippen molar-refractivity contribution in [3.8, 4) is 5.75 Å². The molecule has 0 bridgehead atoms. The van der Waals surface area contributed by atoms with Crippen LogP contribution in [0.2, 0.25) is 0 Å². The molecule has 0 fully saturated rings. The summed E-state index contributed by atoms with van der Waals surface area (Å²) in [5.74, 6) is 1.30. The number of carbonyl (C=O) groups is 1. The van der Waals surface area contributed by atoms with E-state index in [4.69, 9.17) is 4.74 Å². The molecule has 1 amide bonds. The molecule has 2 rings (SSSR count). The average Bonchev–Trinajstić information content (AvgIpc) is 2.60. The van der Waals surface area contributed by atoms with Gasteiger partial charge in [-0.2, -0.15) is 0 Å². The van der Waals surface area contributed by atoms with E-state index >= 15 is 0 Å². The van der Waals surface area contributed by atoms with Gasteiger partial charge in [-0.1, -0.05) is 38.1 Å². The van der Waals surface area contributed by atoms with Crippen LogP contribution < -0.4 is 10.1 Å². The van der Waals surface area contributed by atoms with Crippen molar-refractivity contribution in [2.24, 2.45) is 0 Å². The number of likely N-dealkylation sites (N-methyl/N-ethyl adjacent to an activating group) is 1. The van der Waals surface area contributed by atoms with Crippen molar-refractivity contribution in [3.05, 3.63) is 65.2 Å². The first kappa shape index (κ1) is 19.0. The number of amides is 1. The van der Waals surface area contributed by atoms with Crippen LogP contribution in [-0.2, 0) is 6.61 Å². The van der Waals surface area contributed by atoms with Crippen molar-refractivity contribution in [1.82, 2.24) is 10.2 Å². The summed E-state index contributed by atoms with van der Waals surface area (Å²) in [6, 6.07) is 15.7. The highest BCUT2D eigenvalue weighted by molar-refractivity contribution is 5.94. The summed E-state index contributed by atoms with van der Waals surface area (Å²) in [7, 11) is 3.97. The Balaban J connectivity index is 1.91. The summed E-state index contributed by atoms with van der Waals surface area (Å²) in [6.45, 7) is 6.24. The number of hydrogen-bond donors (Lipinski definition) is 1. The van der Waals surface area contributed by atoms with Crippen LogP contribution >= 0.6 is 0 Å². The smallest absolute Gasteiger partial charge is 0.251 e. The van der Waals surface area contributed by atoms with Crippen LogP contribution in [0.25, 0.3) is 0 Å². The van der Waals surface area contributed by atoms with Gasteiger partial charge in [0, 0.05) is 18.7 Å². The zero-order valence-corrected chi connectivity index (χ0v) is 15.6. The molecule has 2 aromatic carbocycles. The van der Waals surface area contributed by atoms with Gasteiger partial charge < -0.3 is 15.0 Å². The Morgan fingerprint density at radius 3 is 2.48 bits per heavy atom. The van der Waals surface area contributed by atoms with Crippen molar-refractivity contribution in [1.29, 1.82) is 0 Å². The van der Waals surface area contributed by atoms with Gasteiger partial charge in [0.1, 0.15) is 12.4 Å². The van der Waals surface area contributed by atoms with E-state index in [0.717, 1.165) is 17.9 Å². The first-order chi connectivity index (χ1) is 12.0. The lowest BCUT2D eigenvalue weighted by Crippen LogP contribution is -2.31. The number of nitrogens with one attached hydrogen (secondary N) is 1. The van der Waals surface area contributed by atoms with Crippen LogP contribution in [0.1, 0.15) is 41.3 Å². The SMILES string of the molecule is CC(C)c1ccc(OCc2cccc(C(=O)NCCN(C)C)c2)cc1. The minimum atomic E-state index is -0.0509. The van der Waals surface area contributed by atoms with E-state index in [2.05, 4.69) is 31.3 Å². The quantitative estimate of drug-likeness (QED) is 0.797. The standard InChI is InChI=1S/C21H28N2O2/c1-16(2)18-8-10-20(11-9-18)25-15-17-6-5-7-19(14-17)21(24)22-12-13-23(3)4/h5-11,14,16H,12-13,15H2,1-4H3,(H,22,24). The maximum Gasteiger partial charge on any atom is 0.251 e. The first-order valence-corrected chi connectivity index (χ1v) is 8.70. The van der Waals surface area contributed by atoms with E-state index in [1.54, 1.807) is 0 Å². The fourth-order valence-electron chi connectivity index (χ4n) is 2.41. The lowest BCUT2D eigenvalue weighted by Gasteiger charge is -2.11. The number of benzene rings is 2. The fourth-order valence-corrected chi connectivity index (χ4v) is 2.41. The van der Waals surface area contributed by atoms with Crippen LogP contribution in [0, 0.1) is 0 Å². The van der Waals surface area contributed by atoms with Crippen molar-refractivity contribution in [2.75, 3.05) is 27.2 Å². The van der Waals surface area contributed by atoms with Gasteiger partial charge in [-0.05, 0) is 55.4 Å². The lowest BCUT2D eigenvalue weighted by molar-refractivity contribution is 0.0951. The summed E-state index contributed by atoms with van der Waals surface area (Å²) in [4.78, 5) is 14.2. The van der Waals surface area contributed by atoms with Gasteiger partial charge in [0.05, 0.1) is 0 Å². The predicted octanol–water partition coefficient (Wildman–Crippen LogP) is 3.68. The molecule has 1 N–H and O–H groups in total. The monoisotopic (exact) mass is 340 g/mol. The molecule has 0 aromatic heterocycles. The Bertz CT molecular complexity index is 679. The highest BCUT2D eigenvalue weighted by Gasteiger charge is 2.06. The molecule has 4 heteroatoms. The Hall–Kier alpha value is -2.33. The predicted molar refractivity (Wildman–Crippen MR) is 102 cm³/mol. The Morgan fingerprint density at radius 2 is 1.84 bits per heavy atom. The zero-order valence-electron chi connectivity index (χ0n) is 15.6. The molecule has 0 spiro atoms. The van der Waals surface area contributed by atoms with Gasteiger partial charge in [0.25, 0.3) is 5.91 Å². The van der Waals surface area contributed by atoms with Crippen molar-refractivity contribution >= 4 is 5.91 Å². The van der Waals surface area contributed by atoms with Crippen LogP contribution in [-0.4, -0.2) is 38.0 Å². The van der Waals surface area contributed by atoms with Gasteiger partial charge in [-0.25, -0.2) is 0 Å². The molecule has 0 radical (unpaired) electrons. The summed E-state index contributed by atoms with van der Waals surface area (Å²) in [5, 5.41) is 2.93. The van der Waals surface area contributed by atoms with Crippen LogP contribution in [0.4, 0.5) is 0 Å². The largest absolute Gasteiger partial charge is 0.489 e. The van der Waals surface area contributed by atoms with Crippen molar-refractivity contribution in [3.63, 3.8) is 0 Å². The topological polar surface area (TPSA) is 41.6 Å². The van der Waals surface area contributed by atoms with Crippen LogP contribution in [0.15, 0.2) is 48.5 Å². The molecule has 0 saturated carbocycles. The molecule has 0 atom stereocenters. The third-order valence-electron chi connectivity index (χ3n) is 3.99. The van der Waals surface area contributed by atoms with E-state index in [0.29, 0.717) is 24.6 Å². The normalized spacial score (nSPS) is 11.0. The van der Waals surface area contributed by atoms with Gasteiger partial charge in [0.15, 0.2) is 0 Å². The first-order valence-electron chi connectivity index (χ1n) is 8.70. The number of ether oxygens (including phenoxy) is 1. The van der Waals surface area contributed by atoms with E-state index in [-0.39, 0.29) is 5.91 Å². The second-order valence-corrected chi connectivity index (χ2v) is 6.77. The molecular formula is C21H28N2O2. The Kier molecular flexibility index (Phi) is 7.02.